The van der Waals surface area contributed by atoms with Crippen molar-refractivity contribution in [3.8, 4) is 11.8 Å². The zero-order chi connectivity index (χ0) is 26.1. The Kier molecular flexibility index (Phi) is 7.02. The number of amides is 2. The quantitative estimate of drug-likeness (QED) is 0.571. The first-order valence-electron chi connectivity index (χ1n) is 14.2. The Morgan fingerprint density at radius 2 is 1.92 bits per heavy atom. The van der Waals surface area contributed by atoms with E-state index in [1.807, 2.05) is 23.2 Å². The van der Waals surface area contributed by atoms with Crippen molar-refractivity contribution in [1.29, 1.82) is 5.26 Å². The van der Waals surface area contributed by atoms with E-state index in [1.54, 1.807) is 0 Å². The number of nitrogens with zero attached hydrogens (tertiary/aromatic N) is 3. The van der Waals surface area contributed by atoms with Crippen molar-refractivity contribution >= 4 is 23.1 Å². The molecule has 2 saturated carbocycles. The monoisotopic (exact) mass is 519 g/mol. The molecule has 9 nitrogen and oxygen atoms in total. The van der Waals surface area contributed by atoms with Crippen LogP contribution in [0.5, 0.6) is 5.75 Å². The van der Waals surface area contributed by atoms with E-state index in [1.165, 1.54) is 0 Å². The molecule has 1 aromatic rings. The van der Waals surface area contributed by atoms with Gasteiger partial charge in [0.1, 0.15) is 17.9 Å². The summed E-state index contributed by atoms with van der Waals surface area (Å²) in [6, 6.07) is 8.49. The van der Waals surface area contributed by atoms with Crippen LogP contribution in [0.3, 0.4) is 0 Å². The summed E-state index contributed by atoms with van der Waals surface area (Å²) in [5, 5.41) is 16.0. The number of hydrogen-bond donors (Lipinski definition) is 2. The van der Waals surface area contributed by atoms with Gasteiger partial charge in [-0.05, 0) is 38.2 Å². The Morgan fingerprint density at radius 3 is 2.68 bits per heavy atom. The molecular weight excluding hydrogens is 482 g/mol. The second-order valence-corrected chi connectivity index (χ2v) is 11.3. The molecule has 2 amide bonds. The molecule has 3 atom stereocenters. The lowest BCUT2D eigenvalue weighted by Gasteiger charge is -2.35. The normalized spacial score (nSPS) is 27.7. The van der Waals surface area contributed by atoms with Gasteiger partial charge in [-0.15, -0.1) is 0 Å². The highest BCUT2D eigenvalue weighted by Crippen LogP contribution is 2.44. The fourth-order valence-corrected chi connectivity index (χ4v) is 6.32. The number of nitriles is 1. The average molecular weight is 520 g/mol. The molecule has 202 valence electrons. The first-order valence-corrected chi connectivity index (χ1v) is 14.2. The van der Waals surface area contributed by atoms with Crippen LogP contribution >= 0.6 is 0 Å². The van der Waals surface area contributed by atoms with Crippen LogP contribution in [0.15, 0.2) is 24.4 Å². The number of nitrogens with one attached hydrogen (secondary N) is 2. The molecule has 1 unspecified atom stereocenters. The lowest BCUT2D eigenvalue weighted by atomic mass is 9.77. The third-order valence-electron chi connectivity index (χ3n) is 8.78. The lowest BCUT2D eigenvalue weighted by molar-refractivity contribution is -0.142. The molecule has 3 aliphatic heterocycles. The molecule has 2 aliphatic carbocycles. The molecule has 0 radical (unpaired) electrons. The van der Waals surface area contributed by atoms with E-state index in [2.05, 4.69) is 27.7 Å². The number of fused-ring (bicyclic) bond motifs is 3. The maximum atomic E-state index is 13.8. The fraction of sp³-hybridized carbons (Fsp3) is 0.621. The van der Waals surface area contributed by atoms with E-state index in [9.17, 15) is 14.9 Å². The van der Waals surface area contributed by atoms with Crippen LogP contribution in [0.25, 0.3) is 5.57 Å². The van der Waals surface area contributed by atoms with Gasteiger partial charge in [-0.1, -0.05) is 25.0 Å². The Labute approximate surface area is 224 Å². The second-order valence-electron chi connectivity index (χ2n) is 11.3. The lowest BCUT2D eigenvalue weighted by Crippen LogP contribution is -2.48. The van der Waals surface area contributed by atoms with E-state index < -0.39 is 5.54 Å². The number of hydrogen-bond acceptors (Lipinski definition) is 7. The van der Waals surface area contributed by atoms with Crippen molar-refractivity contribution < 1.29 is 19.1 Å². The van der Waals surface area contributed by atoms with Gasteiger partial charge >= 0.3 is 0 Å². The van der Waals surface area contributed by atoms with Crippen LogP contribution in [-0.2, 0) is 14.3 Å². The minimum atomic E-state index is -0.705. The van der Waals surface area contributed by atoms with Crippen LogP contribution in [0, 0.1) is 23.2 Å². The van der Waals surface area contributed by atoms with Gasteiger partial charge in [0.15, 0.2) is 0 Å². The number of carbonyl (C=O) groups is 2. The van der Waals surface area contributed by atoms with Crippen LogP contribution in [0.2, 0.25) is 0 Å². The number of ether oxygens (including phenoxy) is 2. The van der Waals surface area contributed by atoms with E-state index in [0.717, 1.165) is 81.1 Å². The topological polar surface area (TPSA) is 107 Å². The fourth-order valence-electron chi connectivity index (χ4n) is 6.32. The average Bonchev–Trinajstić information content (AvgIpc) is 3.63. The summed E-state index contributed by atoms with van der Waals surface area (Å²) in [6.45, 7) is 5.54. The molecule has 38 heavy (non-hydrogen) atoms. The van der Waals surface area contributed by atoms with Crippen molar-refractivity contribution in [3.05, 3.63) is 30.0 Å². The van der Waals surface area contributed by atoms with Gasteiger partial charge in [0.25, 0.3) is 0 Å². The Balaban J connectivity index is 1.14. The number of morpholine rings is 1. The second kappa shape index (κ2) is 10.6. The van der Waals surface area contributed by atoms with Gasteiger partial charge in [-0.25, -0.2) is 0 Å². The Morgan fingerprint density at radius 1 is 1.13 bits per heavy atom. The van der Waals surface area contributed by atoms with Crippen molar-refractivity contribution in [2.75, 3.05) is 51.3 Å². The summed E-state index contributed by atoms with van der Waals surface area (Å²) in [6.07, 6.45) is 7.51. The summed E-state index contributed by atoms with van der Waals surface area (Å²) in [5.74, 6) is 0.0498. The van der Waals surface area contributed by atoms with E-state index in [0.29, 0.717) is 32.4 Å². The molecule has 1 saturated heterocycles. The minimum absolute atomic E-state index is 0.0315. The van der Waals surface area contributed by atoms with Crippen LogP contribution in [0.1, 0.15) is 50.5 Å². The number of para-hydroxylation sites is 1. The van der Waals surface area contributed by atoms with Gasteiger partial charge in [0, 0.05) is 49.4 Å². The van der Waals surface area contributed by atoms with Crippen LogP contribution in [0.4, 0.5) is 5.69 Å². The number of anilines is 1. The number of benzene rings is 1. The molecule has 1 aromatic carbocycles. The summed E-state index contributed by atoms with van der Waals surface area (Å²) in [5.41, 5.74) is 2.49. The van der Waals surface area contributed by atoms with E-state index >= 15 is 0 Å². The van der Waals surface area contributed by atoms with Crippen molar-refractivity contribution in [2.45, 2.75) is 56.5 Å². The molecule has 3 fully saturated rings. The molecular formula is C29H37N5O4. The van der Waals surface area contributed by atoms with Crippen LogP contribution < -0.4 is 15.4 Å². The molecule has 0 bridgehead atoms. The zero-order valence-corrected chi connectivity index (χ0v) is 21.9. The van der Waals surface area contributed by atoms with Crippen molar-refractivity contribution in [3.63, 3.8) is 0 Å². The predicted molar refractivity (Wildman–Crippen MR) is 142 cm³/mol. The molecule has 6 rings (SSSR count). The van der Waals surface area contributed by atoms with Crippen LogP contribution in [-0.4, -0.2) is 79.2 Å². The summed E-state index contributed by atoms with van der Waals surface area (Å²) >= 11 is 0. The predicted octanol–water partition coefficient (Wildman–Crippen LogP) is 2.74. The molecule has 5 aliphatic rings. The molecule has 9 heteroatoms. The number of carbonyl (C=O) groups excluding carboxylic acids is 2. The Hall–Kier alpha value is -3.09. The first-order chi connectivity index (χ1) is 18.6. The molecule has 3 heterocycles. The van der Waals surface area contributed by atoms with Crippen molar-refractivity contribution in [1.82, 2.24) is 15.1 Å². The third-order valence-corrected chi connectivity index (χ3v) is 8.78. The summed E-state index contributed by atoms with van der Waals surface area (Å²) in [7, 11) is 0. The van der Waals surface area contributed by atoms with Gasteiger partial charge in [-0.2, -0.15) is 5.26 Å². The Bertz CT molecular complexity index is 1150. The summed E-state index contributed by atoms with van der Waals surface area (Å²) < 4.78 is 11.6. The van der Waals surface area contributed by atoms with Gasteiger partial charge in [-0.3, -0.25) is 14.5 Å². The smallest absolute Gasteiger partial charge is 0.230 e. The minimum Gasteiger partial charge on any atom is -0.490 e. The summed E-state index contributed by atoms with van der Waals surface area (Å²) in [4.78, 5) is 31.0. The van der Waals surface area contributed by atoms with Gasteiger partial charge in [0.05, 0.1) is 36.9 Å². The largest absolute Gasteiger partial charge is 0.490 e. The standard InChI is InChI=1S/C29H37N5O4/c30-19-29(9-10-29)32-27(35)21-4-1-2-5-22(21)28(36)34-11-8-24-23(18-34)20-6-3-7-25(26(20)31-24)38-17-14-33-12-15-37-16-13-33/h3,6-7,18,21-22,24,31H,1-2,4-5,8-17H2,(H,32,35)/t21-,22-,24?/m1/s1. The SMILES string of the molecule is N#CC1(NC(=O)[C@@H]2CCCC[C@H]2C(=O)N2C=C3c4cccc(OCCN5CCOCC5)c4NC3CC2)CC1. The van der Waals surface area contributed by atoms with E-state index in [4.69, 9.17) is 9.47 Å². The third kappa shape index (κ3) is 4.99. The molecule has 2 N–H and O–H groups in total. The van der Waals surface area contributed by atoms with Gasteiger partial charge in [0.2, 0.25) is 11.8 Å². The van der Waals surface area contributed by atoms with Crippen molar-refractivity contribution in [2.24, 2.45) is 11.8 Å². The molecule has 0 spiro atoms. The zero-order valence-electron chi connectivity index (χ0n) is 21.9. The maximum absolute atomic E-state index is 13.8. The highest BCUT2D eigenvalue weighted by molar-refractivity contribution is 5.93. The number of rotatable bonds is 7. The van der Waals surface area contributed by atoms with Gasteiger partial charge < -0.3 is 25.0 Å². The first kappa shape index (κ1) is 25.2. The van der Waals surface area contributed by atoms with E-state index in [-0.39, 0.29) is 29.7 Å². The molecule has 0 aromatic heterocycles. The maximum Gasteiger partial charge on any atom is 0.230 e. The highest BCUT2D eigenvalue weighted by atomic mass is 16.5. The highest BCUT2D eigenvalue weighted by Gasteiger charge is 2.48.